The van der Waals surface area contributed by atoms with Gasteiger partial charge in [-0.1, -0.05) is 25.4 Å². The third kappa shape index (κ3) is 3.14. The maximum Gasteiger partial charge on any atom is 0.339 e. The van der Waals surface area contributed by atoms with Crippen molar-refractivity contribution in [3.63, 3.8) is 0 Å². The van der Waals surface area contributed by atoms with Crippen LogP contribution in [0.15, 0.2) is 12.1 Å². The lowest BCUT2D eigenvalue weighted by Crippen LogP contribution is -2.09. The molecule has 0 radical (unpaired) electrons. The number of carbonyl (C=O) groups is 1. The molecule has 16 heavy (non-hydrogen) atoms. The number of ether oxygens (including phenoxy) is 1. The van der Waals surface area contributed by atoms with Crippen LogP contribution in [0.5, 0.6) is 5.75 Å². The van der Waals surface area contributed by atoms with Crippen LogP contribution < -0.4 is 4.74 Å². The molecule has 1 N–H and O–H groups in total. The molecule has 0 spiro atoms. The number of hydrogen-bond donors (Lipinski definition) is 1. The zero-order valence-corrected chi connectivity index (χ0v) is 10.3. The minimum absolute atomic E-state index is 0.116. The van der Waals surface area contributed by atoms with E-state index in [-0.39, 0.29) is 5.56 Å². The van der Waals surface area contributed by atoms with Crippen molar-refractivity contribution >= 4 is 17.6 Å². The molecular weight excluding hydrogens is 228 g/mol. The number of rotatable bonds is 4. The van der Waals surface area contributed by atoms with Crippen molar-refractivity contribution in [1.29, 1.82) is 0 Å². The van der Waals surface area contributed by atoms with E-state index in [4.69, 9.17) is 21.4 Å². The van der Waals surface area contributed by atoms with Gasteiger partial charge in [0.1, 0.15) is 11.3 Å². The fourth-order valence-corrected chi connectivity index (χ4v) is 1.60. The molecule has 4 heteroatoms. The fraction of sp³-hybridized carbons (Fsp3) is 0.417. The summed E-state index contributed by atoms with van der Waals surface area (Å²) in [5.74, 6) is -0.272. The van der Waals surface area contributed by atoms with Gasteiger partial charge in [-0.05, 0) is 30.5 Å². The minimum Gasteiger partial charge on any atom is -0.492 e. The summed E-state index contributed by atoms with van der Waals surface area (Å²) in [6, 6.07) is 3.11. The Morgan fingerprint density at radius 3 is 2.62 bits per heavy atom. The molecule has 1 aromatic carbocycles. The predicted octanol–water partition coefficient (Wildman–Crippen LogP) is 3.38. The molecule has 0 aliphatic heterocycles. The molecule has 1 rings (SSSR count). The highest BCUT2D eigenvalue weighted by atomic mass is 35.5. The van der Waals surface area contributed by atoms with Crippen LogP contribution >= 0.6 is 11.6 Å². The molecule has 0 saturated heterocycles. The Kier molecular flexibility index (Phi) is 4.19. The smallest absolute Gasteiger partial charge is 0.339 e. The Balaban J connectivity index is 3.09. The second kappa shape index (κ2) is 5.21. The molecular formula is C12H15ClO3. The molecule has 0 atom stereocenters. The van der Waals surface area contributed by atoms with Crippen molar-refractivity contribution in [3.05, 3.63) is 28.3 Å². The van der Waals surface area contributed by atoms with Crippen molar-refractivity contribution in [2.75, 3.05) is 6.61 Å². The van der Waals surface area contributed by atoms with Gasteiger partial charge in [-0.2, -0.15) is 0 Å². The largest absolute Gasteiger partial charge is 0.492 e. The fourth-order valence-electron chi connectivity index (χ4n) is 1.33. The molecule has 0 saturated carbocycles. The number of hydrogen-bond acceptors (Lipinski definition) is 2. The molecule has 0 fully saturated rings. The maximum absolute atomic E-state index is 11.0. The van der Waals surface area contributed by atoms with E-state index in [1.54, 1.807) is 13.0 Å². The van der Waals surface area contributed by atoms with Crippen LogP contribution in [0.3, 0.4) is 0 Å². The summed E-state index contributed by atoms with van der Waals surface area (Å²) in [7, 11) is 0. The number of carboxylic acids is 1. The molecule has 0 aliphatic carbocycles. The van der Waals surface area contributed by atoms with E-state index in [1.165, 1.54) is 6.07 Å². The van der Waals surface area contributed by atoms with Gasteiger partial charge in [0.2, 0.25) is 0 Å². The number of aromatic carboxylic acids is 1. The van der Waals surface area contributed by atoms with E-state index in [0.717, 1.165) is 5.56 Å². The summed E-state index contributed by atoms with van der Waals surface area (Å²) in [5.41, 5.74) is 0.858. The molecule has 0 aromatic heterocycles. The van der Waals surface area contributed by atoms with Gasteiger partial charge in [0, 0.05) is 5.02 Å². The Morgan fingerprint density at radius 1 is 1.50 bits per heavy atom. The molecule has 0 unspecified atom stereocenters. The van der Waals surface area contributed by atoms with Crippen LogP contribution in [0.25, 0.3) is 0 Å². The van der Waals surface area contributed by atoms with Gasteiger partial charge >= 0.3 is 5.97 Å². The van der Waals surface area contributed by atoms with Crippen molar-refractivity contribution in [2.45, 2.75) is 20.8 Å². The highest BCUT2D eigenvalue weighted by Crippen LogP contribution is 2.28. The molecule has 1 aromatic rings. The molecule has 3 nitrogen and oxygen atoms in total. The van der Waals surface area contributed by atoms with Gasteiger partial charge < -0.3 is 9.84 Å². The predicted molar refractivity (Wildman–Crippen MR) is 63.5 cm³/mol. The van der Waals surface area contributed by atoms with E-state index in [2.05, 4.69) is 0 Å². The normalized spacial score (nSPS) is 10.6. The Labute approximate surface area is 100.0 Å². The van der Waals surface area contributed by atoms with E-state index in [0.29, 0.717) is 23.3 Å². The zero-order chi connectivity index (χ0) is 12.3. The minimum atomic E-state index is -1.02. The molecule has 0 bridgehead atoms. The first-order chi connectivity index (χ1) is 7.41. The molecule has 0 amide bonds. The standard InChI is InChI=1S/C12H15ClO3/c1-7(2)6-16-11-8(3)4-9(13)5-10(11)12(14)15/h4-5,7H,6H2,1-3H3,(H,14,15). The second-order valence-electron chi connectivity index (χ2n) is 4.11. The first-order valence-electron chi connectivity index (χ1n) is 5.08. The molecule has 88 valence electrons. The summed E-state index contributed by atoms with van der Waals surface area (Å²) in [5, 5.41) is 9.45. The van der Waals surface area contributed by atoms with Crippen LogP contribution in [0, 0.1) is 12.8 Å². The van der Waals surface area contributed by atoms with Crippen LogP contribution in [0.4, 0.5) is 0 Å². The lowest BCUT2D eigenvalue weighted by molar-refractivity contribution is 0.0691. The summed E-state index contributed by atoms with van der Waals surface area (Å²) in [6.45, 7) is 6.29. The first kappa shape index (κ1) is 12.8. The topological polar surface area (TPSA) is 46.5 Å². The van der Waals surface area contributed by atoms with Gasteiger partial charge in [0.25, 0.3) is 0 Å². The van der Waals surface area contributed by atoms with Gasteiger partial charge in [0.05, 0.1) is 6.61 Å². The summed E-state index contributed by atoms with van der Waals surface area (Å²) >= 11 is 5.81. The lowest BCUT2D eigenvalue weighted by atomic mass is 10.1. The van der Waals surface area contributed by atoms with Crippen LogP contribution in [0.2, 0.25) is 5.02 Å². The van der Waals surface area contributed by atoms with Gasteiger partial charge in [-0.15, -0.1) is 0 Å². The van der Waals surface area contributed by atoms with Crippen LogP contribution in [-0.2, 0) is 0 Å². The quantitative estimate of drug-likeness (QED) is 0.881. The number of halogens is 1. The number of carboxylic acid groups (broad SMARTS) is 1. The third-order valence-corrected chi connectivity index (χ3v) is 2.25. The van der Waals surface area contributed by atoms with Gasteiger partial charge in [-0.3, -0.25) is 0 Å². The van der Waals surface area contributed by atoms with E-state index >= 15 is 0 Å². The van der Waals surface area contributed by atoms with Crippen molar-refractivity contribution in [2.24, 2.45) is 5.92 Å². The average Bonchev–Trinajstić information content (AvgIpc) is 2.14. The number of aryl methyl sites for hydroxylation is 1. The summed E-state index contributed by atoms with van der Waals surface area (Å²) in [4.78, 5) is 11.0. The van der Waals surface area contributed by atoms with Crippen LogP contribution in [0.1, 0.15) is 29.8 Å². The van der Waals surface area contributed by atoms with Crippen molar-refractivity contribution in [1.82, 2.24) is 0 Å². The number of benzene rings is 1. The zero-order valence-electron chi connectivity index (χ0n) is 9.58. The highest BCUT2D eigenvalue weighted by molar-refractivity contribution is 6.31. The molecule has 0 aliphatic rings. The van der Waals surface area contributed by atoms with E-state index < -0.39 is 5.97 Å². The lowest BCUT2D eigenvalue weighted by Gasteiger charge is -2.14. The Bertz CT molecular complexity index is 399. The van der Waals surface area contributed by atoms with Crippen molar-refractivity contribution < 1.29 is 14.6 Å². The SMILES string of the molecule is Cc1cc(Cl)cc(C(=O)O)c1OCC(C)C. The summed E-state index contributed by atoms with van der Waals surface area (Å²) in [6.07, 6.45) is 0. The van der Waals surface area contributed by atoms with E-state index in [1.807, 2.05) is 13.8 Å². The van der Waals surface area contributed by atoms with Gasteiger partial charge in [-0.25, -0.2) is 4.79 Å². The van der Waals surface area contributed by atoms with E-state index in [9.17, 15) is 4.79 Å². The highest BCUT2D eigenvalue weighted by Gasteiger charge is 2.15. The maximum atomic E-state index is 11.0. The summed E-state index contributed by atoms with van der Waals surface area (Å²) < 4.78 is 5.51. The third-order valence-electron chi connectivity index (χ3n) is 2.03. The van der Waals surface area contributed by atoms with Gasteiger partial charge in [0.15, 0.2) is 0 Å². The average molecular weight is 243 g/mol. The van der Waals surface area contributed by atoms with Crippen molar-refractivity contribution in [3.8, 4) is 5.75 Å². The Morgan fingerprint density at radius 2 is 2.12 bits per heavy atom. The van der Waals surface area contributed by atoms with Crippen LogP contribution in [-0.4, -0.2) is 17.7 Å². The monoisotopic (exact) mass is 242 g/mol. The Hall–Kier alpha value is -1.22. The first-order valence-corrected chi connectivity index (χ1v) is 5.46. The second-order valence-corrected chi connectivity index (χ2v) is 4.55. The molecule has 0 heterocycles.